The minimum atomic E-state index is -0.806. The van der Waals surface area contributed by atoms with Gasteiger partial charge in [0.25, 0.3) is 0 Å². The van der Waals surface area contributed by atoms with Crippen molar-refractivity contribution in [1.29, 1.82) is 0 Å². The first kappa shape index (κ1) is 59.6. The van der Waals surface area contributed by atoms with E-state index in [-0.39, 0.29) is 37.5 Å². The van der Waals surface area contributed by atoms with Crippen molar-refractivity contribution in [3.63, 3.8) is 0 Å². The van der Waals surface area contributed by atoms with Gasteiger partial charge in [0.1, 0.15) is 13.2 Å². The van der Waals surface area contributed by atoms with E-state index in [0.29, 0.717) is 19.3 Å². The van der Waals surface area contributed by atoms with E-state index in [1.807, 2.05) is 0 Å². The van der Waals surface area contributed by atoms with Crippen molar-refractivity contribution in [2.75, 3.05) is 13.2 Å². The molecule has 0 unspecified atom stereocenters. The summed E-state index contributed by atoms with van der Waals surface area (Å²) in [4.78, 5) is 38.0. The third-order valence-corrected chi connectivity index (χ3v) is 10.9. The van der Waals surface area contributed by atoms with Gasteiger partial charge in [0.05, 0.1) is 0 Å². The number of hydrogen-bond acceptors (Lipinski definition) is 6. The van der Waals surface area contributed by atoms with Crippen molar-refractivity contribution in [3.8, 4) is 0 Å². The largest absolute Gasteiger partial charge is 0.462 e. The van der Waals surface area contributed by atoms with Crippen molar-refractivity contribution in [3.05, 3.63) is 85.1 Å². The fourth-order valence-corrected chi connectivity index (χ4v) is 6.98. The molecule has 0 fully saturated rings. The van der Waals surface area contributed by atoms with Gasteiger partial charge in [-0.1, -0.05) is 215 Å². The normalized spacial score (nSPS) is 12.7. The molecule has 0 spiro atoms. The Kier molecular flexibility index (Phi) is 48.5. The summed E-state index contributed by atoms with van der Waals surface area (Å²) in [5.74, 6) is -0.975. The van der Waals surface area contributed by atoms with Crippen molar-refractivity contribution in [1.82, 2.24) is 0 Å². The van der Waals surface area contributed by atoms with Crippen LogP contribution in [0.4, 0.5) is 0 Å². The van der Waals surface area contributed by atoms with Crippen LogP contribution in [0.1, 0.15) is 239 Å². The van der Waals surface area contributed by atoms with Crippen molar-refractivity contribution in [2.24, 2.45) is 0 Å². The predicted molar refractivity (Wildman–Crippen MR) is 270 cm³/mol. The van der Waals surface area contributed by atoms with Crippen LogP contribution in [0, 0.1) is 0 Å². The minimum absolute atomic E-state index is 0.0995. The first-order valence-electron chi connectivity index (χ1n) is 26.1. The van der Waals surface area contributed by atoms with Gasteiger partial charge in [0.15, 0.2) is 6.10 Å². The number of carbonyl (C=O) groups excluding carboxylic acids is 3. The molecule has 0 aliphatic heterocycles. The number of rotatable bonds is 46. The first-order chi connectivity index (χ1) is 31.0. The Labute approximate surface area is 388 Å². The number of hydrogen-bond donors (Lipinski definition) is 0. The third-order valence-electron chi connectivity index (χ3n) is 10.9. The smallest absolute Gasteiger partial charge is 0.306 e. The highest BCUT2D eigenvalue weighted by molar-refractivity contribution is 5.71. The molecule has 0 bridgehead atoms. The van der Waals surface area contributed by atoms with Gasteiger partial charge in [-0.15, -0.1) is 0 Å². The number of carbonyl (C=O) groups is 3. The Hall–Kier alpha value is -3.41. The van der Waals surface area contributed by atoms with Crippen LogP contribution in [0.15, 0.2) is 85.1 Å². The van der Waals surface area contributed by atoms with E-state index in [4.69, 9.17) is 14.2 Å². The average Bonchev–Trinajstić information content (AvgIpc) is 3.28. The zero-order valence-corrected chi connectivity index (χ0v) is 41.1. The molecule has 0 rings (SSSR count). The van der Waals surface area contributed by atoms with Gasteiger partial charge in [-0.2, -0.15) is 0 Å². The lowest BCUT2D eigenvalue weighted by molar-refractivity contribution is -0.167. The second-order valence-electron chi connectivity index (χ2n) is 17.1. The maximum absolute atomic E-state index is 12.8. The number of esters is 3. The Bertz CT molecular complexity index is 1240. The monoisotopic (exact) mass is 877 g/mol. The Morgan fingerprint density at radius 2 is 0.635 bits per heavy atom. The molecule has 0 saturated carbocycles. The maximum atomic E-state index is 12.8. The summed E-state index contributed by atoms with van der Waals surface area (Å²) in [5, 5.41) is 0. The lowest BCUT2D eigenvalue weighted by atomic mass is 10.0. The van der Waals surface area contributed by atoms with Crippen LogP contribution in [0.2, 0.25) is 0 Å². The van der Waals surface area contributed by atoms with Crippen LogP contribution in [-0.2, 0) is 28.6 Å². The maximum Gasteiger partial charge on any atom is 0.306 e. The lowest BCUT2D eigenvalue weighted by Gasteiger charge is -2.18. The summed E-state index contributed by atoms with van der Waals surface area (Å²) in [6.07, 6.45) is 65.7. The van der Waals surface area contributed by atoms with Crippen molar-refractivity contribution in [2.45, 2.75) is 245 Å². The van der Waals surface area contributed by atoms with E-state index in [9.17, 15) is 14.4 Å². The second kappa shape index (κ2) is 51.2. The summed E-state index contributed by atoms with van der Waals surface area (Å²) in [6, 6.07) is 0. The van der Waals surface area contributed by atoms with E-state index in [0.717, 1.165) is 103 Å². The standard InChI is InChI=1S/C57H96O6/c1-4-7-10-13-16-19-22-25-27-28-30-32-35-38-41-44-47-50-56(59)62-53-54(52-61-55(58)49-46-43-40-37-34-31-24-21-18-15-12-9-6-3)63-57(60)51-48-45-42-39-36-33-29-26-23-20-17-14-11-8-5-2/h8,11,16-17,19-20,25-27,29-30,32,38,41,54H,4-7,9-10,12-15,18,21-24,28,31,33-37,39-40,42-53H2,1-3H3/b11-8-,19-16-,20-17-,27-25-,29-26-,32-30-,41-38-/t54-/m0/s1. The van der Waals surface area contributed by atoms with E-state index >= 15 is 0 Å². The molecule has 6 heteroatoms. The van der Waals surface area contributed by atoms with E-state index in [1.54, 1.807) is 0 Å². The van der Waals surface area contributed by atoms with E-state index in [1.165, 1.54) is 89.9 Å². The molecule has 0 radical (unpaired) electrons. The van der Waals surface area contributed by atoms with Gasteiger partial charge >= 0.3 is 17.9 Å². The number of unbranched alkanes of at least 4 members (excludes halogenated alkanes) is 21. The van der Waals surface area contributed by atoms with Crippen LogP contribution >= 0.6 is 0 Å². The molecule has 0 aromatic rings. The number of allylic oxidation sites excluding steroid dienone is 14. The molecule has 0 aliphatic rings. The fourth-order valence-electron chi connectivity index (χ4n) is 6.98. The van der Waals surface area contributed by atoms with Gasteiger partial charge < -0.3 is 14.2 Å². The second-order valence-corrected chi connectivity index (χ2v) is 17.1. The van der Waals surface area contributed by atoms with Gasteiger partial charge in [0.2, 0.25) is 0 Å². The molecule has 63 heavy (non-hydrogen) atoms. The molecule has 0 amide bonds. The van der Waals surface area contributed by atoms with Crippen molar-refractivity contribution < 1.29 is 28.6 Å². The van der Waals surface area contributed by atoms with E-state index in [2.05, 4.69) is 106 Å². The lowest BCUT2D eigenvalue weighted by Crippen LogP contribution is -2.30. The topological polar surface area (TPSA) is 78.9 Å². The number of ether oxygens (including phenoxy) is 3. The predicted octanol–water partition coefficient (Wildman–Crippen LogP) is 17.2. The van der Waals surface area contributed by atoms with Crippen LogP contribution in [0.3, 0.4) is 0 Å². The molecule has 0 heterocycles. The average molecular weight is 877 g/mol. The van der Waals surface area contributed by atoms with Crippen molar-refractivity contribution >= 4 is 17.9 Å². The molecule has 0 aliphatic carbocycles. The fraction of sp³-hybridized carbons (Fsp3) is 0.702. The summed E-state index contributed by atoms with van der Waals surface area (Å²) < 4.78 is 16.7. The molecule has 0 aromatic heterocycles. The van der Waals surface area contributed by atoms with Gasteiger partial charge in [-0.25, -0.2) is 0 Å². The molecular formula is C57H96O6. The summed E-state index contributed by atoms with van der Waals surface area (Å²) >= 11 is 0. The SMILES string of the molecule is CC/C=C\C/C=C\C/C=C\CCCCCCCC(=O)O[C@H](COC(=O)CCC/C=C\C/C=C\C/C=C\C/C=C\CCCCC)COC(=O)CCCCCCCCCCCCCCC. The molecular weight excluding hydrogens is 781 g/mol. The Morgan fingerprint density at radius 3 is 1.06 bits per heavy atom. The Morgan fingerprint density at radius 1 is 0.333 bits per heavy atom. The van der Waals surface area contributed by atoms with E-state index < -0.39 is 6.10 Å². The summed E-state index contributed by atoms with van der Waals surface area (Å²) in [5.41, 5.74) is 0. The quantitative estimate of drug-likeness (QED) is 0.0262. The highest BCUT2D eigenvalue weighted by Gasteiger charge is 2.19. The minimum Gasteiger partial charge on any atom is -0.462 e. The summed E-state index contributed by atoms with van der Waals surface area (Å²) in [6.45, 7) is 6.43. The zero-order valence-electron chi connectivity index (χ0n) is 41.1. The molecule has 360 valence electrons. The molecule has 0 saturated heterocycles. The highest BCUT2D eigenvalue weighted by atomic mass is 16.6. The van der Waals surface area contributed by atoms with Crippen LogP contribution < -0.4 is 0 Å². The highest BCUT2D eigenvalue weighted by Crippen LogP contribution is 2.14. The first-order valence-corrected chi connectivity index (χ1v) is 26.1. The third kappa shape index (κ3) is 49.5. The Balaban J connectivity index is 4.50. The van der Waals surface area contributed by atoms with Crippen LogP contribution in [0.25, 0.3) is 0 Å². The van der Waals surface area contributed by atoms with Gasteiger partial charge in [-0.3, -0.25) is 14.4 Å². The van der Waals surface area contributed by atoms with Gasteiger partial charge in [0, 0.05) is 19.3 Å². The van der Waals surface area contributed by atoms with Gasteiger partial charge in [-0.05, 0) is 89.9 Å². The molecule has 6 nitrogen and oxygen atoms in total. The molecule has 1 atom stereocenters. The summed E-state index contributed by atoms with van der Waals surface area (Å²) in [7, 11) is 0. The van der Waals surface area contributed by atoms with Crippen LogP contribution in [0.5, 0.6) is 0 Å². The zero-order chi connectivity index (χ0) is 45.8. The molecule has 0 aromatic carbocycles. The van der Waals surface area contributed by atoms with Crippen LogP contribution in [-0.4, -0.2) is 37.2 Å². The molecule has 0 N–H and O–H groups in total.